The molecule has 0 aliphatic carbocycles. The van der Waals surface area contributed by atoms with Crippen LogP contribution in [-0.2, 0) is 14.3 Å². The number of nitrogens with one attached hydrogen (secondary N) is 2. The molecule has 2 rings (SSSR count). The summed E-state index contributed by atoms with van der Waals surface area (Å²) in [5, 5.41) is 5.29. The highest BCUT2D eigenvalue weighted by atomic mass is 35.5. The Morgan fingerprint density at radius 2 is 1.92 bits per heavy atom. The summed E-state index contributed by atoms with van der Waals surface area (Å²) in [6.45, 7) is 3.22. The van der Waals surface area contributed by atoms with Gasteiger partial charge in [0.25, 0.3) is 0 Å². The average Bonchev–Trinajstić information content (AvgIpc) is 2.52. The molecule has 7 nitrogen and oxygen atoms in total. The van der Waals surface area contributed by atoms with Crippen molar-refractivity contribution in [2.45, 2.75) is 19.9 Å². The minimum absolute atomic E-state index is 0.185. The van der Waals surface area contributed by atoms with Crippen LogP contribution < -0.4 is 10.6 Å². The van der Waals surface area contributed by atoms with Crippen LogP contribution in [0, 0.1) is 0 Å². The monoisotopic (exact) mass is 352 g/mol. The summed E-state index contributed by atoms with van der Waals surface area (Å²) in [5.74, 6) is -1.24. The zero-order valence-electron chi connectivity index (χ0n) is 13.2. The van der Waals surface area contributed by atoms with Crippen molar-refractivity contribution in [1.82, 2.24) is 10.6 Å². The maximum absolute atomic E-state index is 12.1. The van der Waals surface area contributed by atoms with Gasteiger partial charge in [0.2, 0.25) is 0 Å². The summed E-state index contributed by atoms with van der Waals surface area (Å²) in [6.07, 6.45) is 0. The molecule has 2 amide bonds. The molecule has 128 valence electrons. The van der Waals surface area contributed by atoms with Gasteiger partial charge in [-0.1, -0.05) is 23.7 Å². The topological polar surface area (TPSA) is 93.7 Å². The number of ether oxygens (including phenoxy) is 2. The largest absolute Gasteiger partial charge is 0.463 e. The minimum atomic E-state index is -0.656. The Kier molecular flexibility index (Phi) is 5.81. The first-order valence-corrected chi connectivity index (χ1v) is 7.71. The van der Waals surface area contributed by atoms with Gasteiger partial charge in [-0.05, 0) is 26.0 Å². The average molecular weight is 353 g/mol. The summed E-state index contributed by atoms with van der Waals surface area (Å²) in [5.41, 5.74) is 0.597. The molecule has 8 heteroatoms. The third-order valence-corrected chi connectivity index (χ3v) is 3.64. The quantitative estimate of drug-likeness (QED) is 0.791. The lowest BCUT2D eigenvalue weighted by atomic mass is 10.0. The fraction of sp³-hybridized carbons (Fsp3) is 0.312. The van der Waals surface area contributed by atoms with E-state index in [-0.39, 0.29) is 35.1 Å². The Hall–Kier alpha value is -2.54. The van der Waals surface area contributed by atoms with Crippen molar-refractivity contribution in [3.63, 3.8) is 0 Å². The highest BCUT2D eigenvalue weighted by Gasteiger charge is 2.30. The Bertz CT molecular complexity index is 701. The lowest BCUT2D eigenvalue weighted by Crippen LogP contribution is -2.50. The molecule has 1 unspecified atom stereocenters. The van der Waals surface area contributed by atoms with Crippen molar-refractivity contribution in [3.05, 3.63) is 46.1 Å². The summed E-state index contributed by atoms with van der Waals surface area (Å²) < 4.78 is 10.2. The van der Waals surface area contributed by atoms with E-state index >= 15 is 0 Å². The lowest BCUT2D eigenvalue weighted by molar-refractivity contribution is -0.139. The summed E-state index contributed by atoms with van der Waals surface area (Å²) >= 11 is 5.94. The number of rotatable bonds is 5. The van der Waals surface area contributed by atoms with Crippen LogP contribution in [0.5, 0.6) is 0 Å². The van der Waals surface area contributed by atoms with Gasteiger partial charge in [0.1, 0.15) is 6.61 Å². The molecule has 1 aliphatic heterocycles. The van der Waals surface area contributed by atoms with Crippen molar-refractivity contribution < 1.29 is 23.9 Å². The van der Waals surface area contributed by atoms with Crippen molar-refractivity contribution >= 4 is 29.6 Å². The van der Waals surface area contributed by atoms with E-state index in [9.17, 15) is 14.4 Å². The smallest absolute Gasteiger partial charge is 0.340 e. The number of hydrogen-bond acceptors (Lipinski definition) is 5. The van der Waals surface area contributed by atoms with E-state index < -0.39 is 24.0 Å². The Balaban J connectivity index is 2.19. The van der Waals surface area contributed by atoms with Gasteiger partial charge in [-0.2, -0.15) is 0 Å². The molecule has 1 aromatic carbocycles. The van der Waals surface area contributed by atoms with Crippen LogP contribution in [0.25, 0.3) is 0 Å². The predicted molar refractivity (Wildman–Crippen MR) is 86.5 cm³/mol. The zero-order chi connectivity index (χ0) is 17.7. The zero-order valence-corrected chi connectivity index (χ0v) is 14.0. The van der Waals surface area contributed by atoms with Gasteiger partial charge < -0.3 is 20.1 Å². The van der Waals surface area contributed by atoms with E-state index in [1.807, 2.05) is 0 Å². The van der Waals surface area contributed by atoms with E-state index in [1.165, 1.54) is 6.07 Å². The van der Waals surface area contributed by atoms with E-state index in [0.717, 1.165) is 0 Å². The van der Waals surface area contributed by atoms with Crippen molar-refractivity contribution in [2.24, 2.45) is 0 Å². The number of esters is 2. The highest BCUT2D eigenvalue weighted by molar-refractivity contribution is 6.33. The van der Waals surface area contributed by atoms with Gasteiger partial charge in [0.05, 0.1) is 34.5 Å². The first-order chi connectivity index (χ1) is 11.4. The molecule has 1 atom stereocenters. The summed E-state index contributed by atoms with van der Waals surface area (Å²) in [4.78, 5) is 35.8. The maximum atomic E-state index is 12.1. The molecule has 0 fully saturated rings. The summed E-state index contributed by atoms with van der Waals surface area (Å²) in [6, 6.07) is 5.38. The Labute approximate surface area is 144 Å². The van der Waals surface area contributed by atoms with E-state index in [2.05, 4.69) is 10.6 Å². The normalized spacial score (nSPS) is 17.0. The number of carbonyl (C=O) groups is 3. The third kappa shape index (κ3) is 4.05. The maximum Gasteiger partial charge on any atom is 0.340 e. The molecule has 0 spiro atoms. The van der Waals surface area contributed by atoms with Gasteiger partial charge in [0, 0.05) is 0 Å². The second-order valence-electron chi connectivity index (χ2n) is 4.99. The number of hydrogen-bond donors (Lipinski definition) is 2. The van der Waals surface area contributed by atoms with Crippen LogP contribution in [0.15, 0.2) is 35.5 Å². The van der Waals surface area contributed by atoms with Crippen LogP contribution in [0.2, 0.25) is 5.02 Å². The SMILES string of the molecule is CCOC(=O)C1=C(COC(=O)c2ccccc2Cl)NC(=O)NC1C. The molecule has 0 aromatic heterocycles. The molecule has 0 radical (unpaired) electrons. The molecule has 1 aliphatic rings. The molecule has 0 bridgehead atoms. The fourth-order valence-corrected chi connectivity index (χ4v) is 2.45. The number of carbonyl (C=O) groups excluding carboxylic acids is 3. The number of benzene rings is 1. The highest BCUT2D eigenvalue weighted by Crippen LogP contribution is 2.18. The minimum Gasteiger partial charge on any atom is -0.463 e. The van der Waals surface area contributed by atoms with Crippen LogP contribution in [0.4, 0.5) is 4.79 Å². The molecular formula is C16H17ClN2O5. The third-order valence-electron chi connectivity index (χ3n) is 3.31. The molecule has 0 saturated carbocycles. The lowest BCUT2D eigenvalue weighted by Gasteiger charge is -2.26. The first-order valence-electron chi connectivity index (χ1n) is 7.33. The van der Waals surface area contributed by atoms with Crippen LogP contribution in [0.1, 0.15) is 24.2 Å². The van der Waals surface area contributed by atoms with Gasteiger partial charge >= 0.3 is 18.0 Å². The second kappa shape index (κ2) is 7.83. The predicted octanol–water partition coefficient (Wildman–Crippen LogP) is 2.02. The standard InChI is InChI=1S/C16H17ClN2O5/c1-3-23-15(21)13-9(2)18-16(22)19-12(13)8-24-14(20)10-6-4-5-7-11(10)17/h4-7,9H,3,8H2,1-2H3,(H2,18,19,22). The van der Waals surface area contributed by atoms with Crippen molar-refractivity contribution in [3.8, 4) is 0 Å². The van der Waals surface area contributed by atoms with E-state index in [1.54, 1.807) is 32.0 Å². The van der Waals surface area contributed by atoms with Crippen LogP contribution in [-0.4, -0.2) is 37.2 Å². The molecule has 1 aromatic rings. The van der Waals surface area contributed by atoms with Gasteiger partial charge in [-0.3, -0.25) is 0 Å². The Morgan fingerprint density at radius 3 is 2.58 bits per heavy atom. The Morgan fingerprint density at radius 1 is 1.21 bits per heavy atom. The molecule has 1 heterocycles. The number of halogens is 1. The van der Waals surface area contributed by atoms with E-state index in [0.29, 0.717) is 0 Å². The number of urea groups is 1. The van der Waals surface area contributed by atoms with Crippen molar-refractivity contribution in [2.75, 3.05) is 13.2 Å². The molecule has 2 N–H and O–H groups in total. The van der Waals surface area contributed by atoms with Crippen molar-refractivity contribution in [1.29, 1.82) is 0 Å². The van der Waals surface area contributed by atoms with E-state index in [4.69, 9.17) is 21.1 Å². The summed E-state index contributed by atoms with van der Waals surface area (Å²) in [7, 11) is 0. The first kappa shape index (κ1) is 17.8. The molecule has 24 heavy (non-hydrogen) atoms. The van der Waals surface area contributed by atoms with Gasteiger partial charge in [-0.15, -0.1) is 0 Å². The van der Waals surface area contributed by atoms with Gasteiger partial charge in [0.15, 0.2) is 0 Å². The van der Waals surface area contributed by atoms with Crippen LogP contribution >= 0.6 is 11.6 Å². The molecule has 0 saturated heterocycles. The van der Waals surface area contributed by atoms with Crippen LogP contribution in [0.3, 0.4) is 0 Å². The number of amides is 2. The second-order valence-corrected chi connectivity index (χ2v) is 5.40. The fourth-order valence-electron chi connectivity index (χ4n) is 2.24. The van der Waals surface area contributed by atoms with Gasteiger partial charge in [-0.25, -0.2) is 14.4 Å². The molecular weight excluding hydrogens is 336 g/mol.